The van der Waals surface area contributed by atoms with E-state index in [9.17, 15) is 15.3 Å². The number of amides is 1. The van der Waals surface area contributed by atoms with E-state index in [2.05, 4.69) is 34.0 Å². The van der Waals surface area contributed by atoms with E-state index >= 15 is 0 Å². The summed E-state index contributed by atoms with van der Waals surface area (Å²) in [6.45, 7) is 2.49. The molecule has 1 amide bonds. The molecule has 0 radical (unpaired) electrons. The number of carbonyl (C=O) groups excluding carboxylic acids is 1. The van der Waals surface area contributed by atoms with E-state index in [-0.39, 0.29) is 5.57 Å². The molecule has 28 heavy (non-hydrogen) atoms. The smallest absolute Gasteiger partial charge is 0.266 e. The fraction of sp³-hybridized carbons (Fsp3) is 0.286. The molecule has 1 heterocycles. The Morgan fingerprint density at radius 3 is 2.82 bits per heavy atom. The van der Waals surface area contributed by atoms with E-state index in [1.807, 2.05) is 31.2 Å². The van der Waals surface area contributed by atoms with Crippen molar-refractivity contribution < 1.29 is 9.53 Å². The molecule has 1 aromatic heterocycles. The van der Waals surface area contributed by atoms with E-state index in [1.54, 1.807) is 6.08 Å². The van der Waals surface area contributed by atoms with Crippen LogP contribution in [0.5, 0.6) is 5.75 Å². The van der Waals surface area contributed by atoms with Crippen LogP contribution in [0.25, 0.3) is 6.08 Å². The van der Waals surface area contributed by atoms with Gasteiger partial charge >= 0.3 is 0 Å². The minimum absolute atomic E-state index is 0.00442. The number of nitrogens with zero attached hydrogens (tertiary/aromatic N) is 2. The Hall–Kier alpha value is -2.36. The van der Waals surface area contributed by atoms with E-state index in [1.165, 1.54) is 16.2 Å². The number of ether oxygens (including phenoxy) is 1. The number of aryl methyl sites for hydroxylation is 1. The van der Waals surface area contributed by atoms with Gasteiger partial charge in [-0.2, -0.15) is 10.5 Å². The summed E-state index contributed by atoms with van der Waals surface area (Å²) in [6, 6.07) is 9.68. The maximum atomic E-state index is 12.7. The van der Waals surface area contributed by atoms with Crippen molar-refractivity contribution in [1.29, 1.82) is 10.5 Å². The summed E-state index contributed by atoms with van der Waals surface area (Å²) in [7, 11) is 0. The van der Waals surface area contributed by atoms with E-state index in [0.717, 1.165) is 46.1 Å². The standard InChI is InChI=1S/C21H18IN3O2S/c1-2-27-18-8-7-13(10-17(18)22)9-14(11-23)20(26)25-21-16(12-24)15-5-3-4-6-19(15)28-21/h7-10H,2-6H2,1H3,(H,25,26)/b14-9+. The largest absolute Gasteiger partial charge is 0.493 e. The second kappa shape index (κ2) is 9.22. The predicted octanol–water partition coefficient (Wildman–Crippen LogP) is 5.05. The first-order valence-corrected chi connectivity index (χ1v) is 10.9. The molecule has 0 atom stereocenters. The predicted molar refractivity (Wildman–Crippen MR) is 118 cm³/mol. The summed E-state index contributed by atoms with van der Waals surface area (Å²) in [5.41, 5.74) is 2.33. The number of thiophene rings is 1. The third-order valence-corrected chi connectivity index (χ3v) is 6.49. The van der Waals surface area contributed by atoms with Crippen molar-refractivity contribution in [3.63, 3.8) is 0 Å². The molecule has 0 unspecified atom stereocenters. The Labute approximate surface area is 181 Å². The topological polar surface area (TPSA) is 85.9 Å². The van der Waals surface area contributed by atoms with Gasteiger partial charge in [0.1, 0.15) is 28.5 Å². The van der Waals surface area contributed by atoms with Gasteiger partial charge in [0.05, 0.1) is 15.7 Å². The van der Waals surface area contributed by atoms with Gasteiger partial charge in [0.2, 0.25) is 0 Å². The zero-order valence-electron chi connectivity index (χ0n) is 15.3. The van der Waals surface area contributed by atoms with Gasteiger partial charge in [-0.3, -0.25) is 4.79 Å². The van der Waals surface area contributed by atoms with Gasteiger partial charge < -0.3 is 10.1 Å². The molecule has 5 nitrogen and oxygen atoms in total. The summed E-state index contributed by atoms with van der Waals surface area (Å²) >= 11 is 3.61. The van der Waals surface area contributed by atoms with Crippen LogP contribution >= 0.6 is 33.9 Å². The van der Waals surface area contributed by atoms with Gasteiger partial charge in [-0.15, -0.1) is 11.3 Å². The van der Waals surface area contributed by atoms with Crippen LogP contribution in [0.1, 0.15) is 41.3 Å². The minimum Gasteiger partial charge on any atom is -0.493 e. The highest BCUT2D eigenvalue weighted by Gasteiger charge is 2.22. The average Bonchev–Trinajstić information content (AvgIpc) is 3.04. The molecule has 0 spiro atoms. The Morgan fingerprint density at radius 2 is 2.14 bits per heavy atom. The summed E-state index contributed by atoms with van der Waals surface area (Å²) in [5, 5.41) is 22.3. The SMILES string of the molecule is CCOc1ccc(/C=C(\C#N)C(=O)Nc2sc3c(c2C#N)CCCC3)cc1I. The molecule has 2 aromatic rings. The average molecular weight is 503 g/mol. The van der Waals surface area contributed by atoms with Crippen molar-refractivity contribution in [2.75, 3.05) is 11.9 Å². The number of hydrogen-bond donors (Lipinski definition) is 1. The molecule has 0 fully saturated rings. The first kappa shape index (κ1) is 20.4. The molecule has 142 valence electrons. The number of anilines is 1. The van der Waals surface area contributed by atoms with E-state index < -0.39 is 5.91 Å². The zero-order valence-corrected chi connectivity index (χ0v) is 18.3. The van der Waals surface area contributed by atoms with Crippen LogP contribution in [0.2, 0.25) is 0 Å². The molecule has 1 N–H and O–H groups in total. The van der Waals surface area contributed by atoms with Crippen LogP contribution in [0.4, 0.5) is 5.00 Å². The summed E-state index contributed by atoms with van der Waals surface area (Å²) in [4.78, 5) is 13.8. The van der Waals surface area contributed by atoms with E-state index in [4.69, 9.17) is 4.74 Å². The van der Waals surface area contributed by atoms with Crippen LogP contribution in [-0.4, -0.2) is 12.5 Å². The van der Waals surface area contributed by atoms with Crippen molar-refractivity contribution in [1.82, 2.24) is 0 Å². The molecule has 7 heteroatoms. The number of carbonyl (C=O) groups is 1. The lowest BCUT2D eigenvalue weighted by atomic mass is 9.96. The summed E-state index contributed by atoms with van der Waals surface area (Å²) < 4.78 is 6.42. The Kier molecular flexibility index (Phi) is 6.71. The first-order chi connectivity index (χ1) is 13.6. The fourth-order valence-corrected chi connectivity index (χ4v) is 5.07. The van der Waals surface area contributed by atoms with Crippen LogP contribution in [0, 0.1) is 26.2 Å². The maximum Gasteiger partial charge on any atom is 0.266 e. The molecule has 1 aliphatic rings. The van der Waals surface area contributed by atoms with Gasteiger partial charge in [-0.1, -0.05) is 6.07 Å². The molecule has 0 saturated carbocycles. The first-order valence-electron chi connectivity index (χ1n) is 8.97. The second-order valence-corrected chi connectivity index (χ2v) is 8.54. The molecular formula is C21H18IN3O2S. The zero-order chi connectivity index (χ0) is 20.1. The highest BCUT2D eigenvalue weighted by Crippen LogP contribution is 2.37. The highest BCUT2D eigenvalue weighted by molar-refractivity contribution is 14.1. The minimum atomic E-state index is -0.499. The lowest BCUT2D eigenvalue weighted by Gasteiger charge is -2.09. The number of halogens is 1. The molecule has 1 aliphatic carbocycles. The van der Waals surface area contributed by atoms with Crippen LogP contribution < -0.4 is 10.1 Å². The van der Waals surface area contributed by atoms with Crippen LogP contribution in [0.3, 0.4) is 0 Å². The maximum absolute atomic E-state index is 12.7. The van der Waals surface area contributed by atoms with Crippen molar-refractivity contribution in [3.8, 4) is 17.9 Å². The monoisotopic (exact) mass is 503 g/mol. The Morgan fingerprint density at radius 1 is 1.36 bits per heavy atom. The van der Waals surface area contributed by atoms with Gasteiger partial charge in [0.15, 0.2) is 0 Å². The van der Waals surface area contributed by atoms with Crippen LogP contribution in [-0.2, 0) is 17.6 Å². The van der Waals surface area contributed by atoms with Gasteiger partial charge in [0.25, 0.3) is 5.91 Å². The molecule has 1 aromatic carbocycles. The Balaban J connectivity index is 1.84. The summed E-state index contributed by atoms with van der Waals surface area (Å²) in [6.07, 6.45) is 5.52. The summed E-state index contributed by atoms with van der Waals surface area (Å²) in [5.74, 6) is 0.271. The number of nitriles is 2. The van der Waals surface area contributed by atoms with Gasteiger partial charge in [-0.05, 0) is 84.5 Å². The van der Waals surface area contributed by atoms with Crippen molar-refractivity contribution in [2.24, 2.45) is 0 Å². The number of benzene rings is 1. The van der Waals surface area contributed by atoms with Crippen molar-refractivity contribution >= 4 is 50.9 Å². The lowest BCUT2D eigenvalue weighted by molar-refractivity contribution is -0.112. The number of hydrogen-bond acceptors (Lipinski definition) is 5. The normalized spacial score (nSPS) is 13.2. The molecule has 0 aliphatic heterocycles. The highest BCUT2D eigenvalue weighted by atomic mass is 127. The third-order valence-electron chi connectivity index (χ3n) is 4.44. The fourth-order valence-electron chi connectivity index (χ4n) is 3.14. The molecule has 3 rings (SSSR count). The van der Waals surface area contributed by atoms with Crippen molar-refractivity contribution in [2.45, 2.75) is 32.6 Å². The Bertz CT molecular complexity index is 1030. The van der Waals surface area contributed by atoms with Gasteiger partial charge in [0, 0.05) is 4.88 Å². The number of nitrogens with one attached hydrogen (secondary N) is 1. The quantitative estimate of drug-likeness (QED) is 0.352. The number of fused-ring (bicyclic) bond motifs is 1. The van der Waals surface area contributed by atoms with Gasteiger partial charge in [-0.25, -0.2) is 0 Å². The van der Waals surface area contributed by atoms with E-state index in [0.29, 0.717) is 17.2 Å². The second-order valence-electron chi connectivity index (χ2n) is 6.27. The third kappa shape index (κ3) is 4.37. The molecular weight excluding hydrogens is 485 g/mol. The number of rotatable bonds is 5. The molecule has 0 saturated heterocycles. The van der Waals surface area contributed by atoms with Crippen molar-refractivity contribution in [3.05, 3.63) is 48.9 Å². The van der Waals surface area contributed by atoms with Crippen LogP contribution in [0.15, 0.2) is 23.8 Å². The molecule has 0 bridgehead atoms. The lowest BCUT2D eigenvalue weighted by Crippen LogP contribution is -2.13.